The van der Waals surface area contributed by atoms with Gasteiger partial charge in [0.2, 0.25) is 5.91 Å². The number of benzene rings is 2. The van der Waals surface area contributed by atoms with Crippen LogP contribution < -0.4 is 5.32 Å². The monoisotopic (exact) mass is 344 g/mol. The number of aryl methyl sites for hydroxylation is 2. The van der Waals surface area contributed by atoms with Gasteiger partial charge in [-0.15, -0.1) is 11.8 Å². The van der Waals surface area contributed by atoms with E-state index in [1.807, 2.05) is 32.0 Å². The third kappa shape index (κ3) is 4.35. The van der Waals surface area contributed by atoms with Crippen LogP contribution >= 0.6 is 11.8 Å². The number of nitro groups is 1. The number of nitro benzene ring substituents is 1. The zero-order valence-corrected chi connectivity index (χ0v) is 14.7. The van der Waals surface area contributed by atoms with E-state index in [1.54, 1.807) is 12.1 Å². The highest BCUT2D eigenvalue weighted by Crippen LogP contribution is 2.27. The Bertz CT molecular complexity index is 744. The van der Waals surface area contributed by atoms with E-state index in [4.69, 9.17) is 0 Å². The number of amides is 1. The number of non-ortho nitro benzene ring substituents is 1. The van der Waals surface area contributed by atoms with E-state index in [0.29, 0.717) is 0 Å². The summed E-state index contributed by atoms with van der Waals surface area (Å²) in [4.78, 5) is 23.5. The lowest BCUT2D eigenvalue weighted by molar-refractivity contribution is -0.384. The summed E-state index contributed by atoms with van der Waals surface area (Å²) in [6.07, 6.45) is 0.848. The van der Waals surface area contributed by atoms with E-state index in [-0.39, 0.29) is 16.8 Å². The average molecular weight is 344 g/mol. The molecule has 0 saturated carbocycles. The molecule has 0 aliphatic carbocycles. The summed E-state index contributed by atoms with van der Waals surface area (Å²) < 4.78 is 0. The van der Waals surface area contributed by atoms with Crippen LogP contribution in [0.3, 0.4) is 0 Å². The number of carbonyl (C=O) groups excluding carboxylic acids is 1. The van der Waals surface area contributed by atoms with Crippen molar-refractivity contribution >= 4 is 29.0 Å². The third-order valence-corrected chi connectivity index (χ3v) is 4.83. The fourth-order valence-corrected chi connectivity index (χ4v) is 3.20. The van der Waals surface area contributed by atoms with Crippen molar-refractivity contribution in [3.05, 3.63) is 63.7 Å². The summed E-state index contributed by atoms with van der Waals surface area (Å²) in [5, 5.41) is 13.4. The molecular weight excluding hydrogens is 324 g/mol. The smallest absolute Gasteiger partial charge is 0.269 e. The van der Waals surface area contributed by atoms with Crippen molar-refractivity contribution in [3.8, 4) is 0 Å². The van der Waals surface area contributed by atoms with E-state index < -0.39 is 4.92 Å². The van der Waals surface area contributed by atoms with Crippen molar-refractivity contribution < 1.29 is 9.72 Å². The van der Waals surface area contributed by atoms with Gasteiger partial charge in [-0.1, -0.05) is 25.1 Å². The molecule has 2 rings (SSSR count). The van der Waals surface area contributed by atoms with Gasteiger partial charge in [-0.05, 0) is 43.5 Å². The van der Waals surface area contributed by atoms with Crippen molar-refractivity contribution in [3.63, 3.8) is 0 Å². The maximum atomic E-state index is 12.5. The van der Waals surface area contributed by atoms with Gasteiger partial charge in [-0.3, -0.25) is 14.9 Å². The van der Waals surface area contributed by atoms with Crippen molar-refractivity contribution in [1.29, 1.82) is 0 Å². The van der Waals surface area contributed by atoms with Crippen LogP contribution in [-0.2, 0) is 11.2 Å². The average Bonchev–Trinajstić information content (AvgIpc) is 2.57. The number of para-hydroxylation sites is 1. The van der Waals surface area contributed by atoms with E-state index in [2.05, 4.69) is 12.2 Å². The van der Waals surface area contributed by atoms with Crippen LogP contribution in [0.2, 0.25) is 0 Å². The lowest BCUT2D eigenvalue weighted by atomic mass is 10.1. The number of rotatable bonds is 6. The van der Waals surface area contributed by atoms with Crippen LogP contribution in [0.4, 0.5) is 11.4 Å². The zero-order valence-electron chi connectivity index (χ0n) is 13.9. The van der Waals surface area contributed by atoms with Crippen molar-refractivity contribution in [2.24, 2.45) is 0 Å². The Morgan fingerprint density at radius 3 is 2.50 bits per heavy atom. The summed E-state index contributed by atoms with van der Waals surface area (Å²) in [6, 6.07) is 12.2. The van der Waals surface area contributed by atoms with Crippen LogP contribution in [0.5, 0.6) is 0 Å². The molecule has 0 bridgehead atoms. The quantitative estimate of drug-likeness (QED) is 0.473. The molecule has 0 aliphatic heterocycles. The Hall–Kier alpha value is -2.34. The predicted octanol–water partition coefficient (Wildman–Crippen LogP) is 4.58. The molecule has 126 valence electrons. The molecule has 1 unspecified atom stereocenters. The van der Waals surface area contributed by atoms with Crippen molar-refractivity contribution in [2.75, 3.05) is 5.32 Å². The Balaban J connectivity index is 2.06. The van der Waals surface area contributed by atoms with Crippen LogP contribution in [-0.4, -0.2) is 16.1 Å². The Kier molecular flexibility index (Phi) is 5.98. The predicted molar refractivity (Wildman–Crippen MR) is 97.6 cm³/mol. The number of nitrogens with zero attached hydrogens (tertiary/aromatic N) is 1. The molecule has 0 aromatic heterocycles. The minimum atomic E-state index is -0.435. The molecule has 24 heavy (non-hydrogen) atoms. The number of anilines is 1. The molecule has 1 amide bonds. The first-order valence-electron chi connectivity index (χ1n) is 7.72. The highest BCUT2D eigenvalue weighted by Gasteiger charge is 2.17. The zero-order chi connectivity index (χ0) is 17.7. The molecule has 0 heterocycles. The van der Waals surface area contributed by atoms with E-state index in [0.717, 1.165) is 28.1 Å². The van der Waals surface area contributed by atoms with Gasteiger partial charge in [0.05, 0.1) is 10.2 Å². The first-order valence-corrected chi connectivity index (χ1v) is 8.60. The highest BCUT2D eigenvalue weighted by atomic mass is 32.2. The fourth-order valence-electron chi connectivity index (χ4n) is 2.33. The Morgan fingerprint density at radius 2 is 1.92 bits per heavy atom. The normalized spacial score (nSPS) is 11.8. The molecule has 0 saturated heterocycles. The van der Waals surface area contributed by atoms with Gasteiger partial charge in [-0.25, -0.2) is 0 Å². The summed E-state index contributed by atoms with van der Waals surface area (Å²) >= 11 is 1.38. The second kappa shape index (κ2) is 7.97. The van der Waals surface area contributed by atoms with Crippen molar-refractivity contribution in [2.45, 2.75) is 37.3 Å². The lowest BCUT2D eigenvalue weighted by Crippen LogP contribution is -2.23. The molecule has 1 atom stereocenters. The van der Waals surface area contributed by atoms with E-state index in [1.165, 1.54) is 23.9 Å². The van der Waals surface area contributed by atoms with Gasteiger partial charge in [-0.2, -0.15) is 0 Å². The van der Waals surface area contributed by atoms with E-state index >= 15 is 0 Å². The molecule has 0 spiro atoms. The van der Waals surface area contributed by atoms with Crippen molar-refractivity contribution in [1.82, 2.24) is 0 Å². The first-order chi connectivity index (χ1) is 11.4. The molecule has 5 nitrogen and oxygen atoms in total. The minimum absolute atomic E-state index is 0.0453. The van der Waals surface area contributed by atoms with Gasteiger partial charge < -0.3 is 5.32 Å². The largest absolute Gasteiger partial charge is 0.325 e. The molecule has 6 heteroatoms. The number of carbonyl (C=O) groups is 1. The number of hydrogen-bond acceptors (Lipinski definition) is 4. The molecule has 0 radical (unpaired) electrons. The second-order valence-electron chi connectivity index (χ2n) is 5.46. The third-order valence-electron chi connectivity index (χ3n) is 3.72. The number of thioether (sulfide) groups is 1. The van der Waals surface area contributed by atoms with Crippen LogP contribution in [0, 0.1) is 17.0 Å². The molecule has 0 fully saturated rings. The SMILES string of the molecule is CCc1cccc(C)c1NC(=O)C(C)Sc1ccc([N+](=O)[O-])cc1. The molecular formula is C18H20N2O3S. The minimum Gasteiger partial charge on any atom is -0.325 e. The maximum Gasteiger partial charge on any atom is 0.269 e. The van der Waals surface area contributed by atoms with Gasteiger partial charge in [0.1, 0.15) is 0 Å². The van der Waals surface area contributed by atoms with Crippen LogP contribution in [0.15, 0.2) is 47.4 Å². The number of nitrogens with one attached hydrogen (secondary N) is 1. The van der Waals surface area contributed by atoms with Gasteiger partial charge in [0, 0.05) is 22.7 Å². The second-order valence-corrected chi connectivity index (χ2v) is 6.88. The summed E-state index contributed by atoms with van der Waals surface area (Å²) in [5.41, 5.74) is 3.07. The molecule has 0 aliphatic rings. The summed E-state index contributed by atoms with van der Waals surface area (Å²) in [7, 11) is 0. The summed E-state index contributed by atoms with van der Waals surface area (Å²) in [5.74, 6) is -0.0812. The maximum absolute atomic E-state index is 12.5. The topological polar surface area (TPSA) is 72.2 Å². The van der Waals surface area contributed by atoms with Gasteiger partial charge >= 0.3 is 0 Å². The fraction of sp³-hybridized carbons (Fsp3) is 0.278. The van der Waals surface area contributed by atoms with Gasteiger partial charge in [0.15, 0.2) is 0 Å². The molecule has 2 aromatic carbocycles. The lowest BCUT2D eigenvalue weighted by Gasteiger charge is -2.16. The highest BCUT2D eigenvalue weighted by molar-refractivity contribution is 8.00. The summed E-state index contributed by atoms with van der Waals surface area (Å²) in [6.45, 7) is 5.85. The van der Waals surface area contributed by atoms with E-state index in [9.17, 15) is 14.9 Å². The first kappa shape index (κ1) is 18.0. The van der Waals surface area contributed by atoms with Crippen LogP contribution in [0.1, 0.15) is 25.0 Å². The van der Waals surface area contributed by atoms with Crippen LogP contribution in [0.25, 0.3) is 0 Å². The van der Waals surface area contributed by atoms with Gasteiger partial charge in [0.25, 0.3) is 5.69 Å². The molecule has 1 N–H and O–H groups in total. The number of hydrogen-bond donors (Lipinski definition) is 1. The standard InChI is InChI=1S/C18H20N2O3S/c1-4-14-7-5-6-12(2)17(14)19-18(21)13(3)24-16-10-8-15(9-11-16)20(22)23/h5-11,13H,4H2,1-3H3,(H,19,21). The molecule has 2 aromatic rings. The Morgan fingerprint density at radius 1 is 1.25 bits per heavy atom. The Labute approximate surface area is 145 Å².